The molecule has 0 saturated heterocycles. The molecule has 0 atom stereocenters. The van der Waals surface area contributed by atoms with Gasteiger partial charge in [-0.1, -0.05) is 0 Å². The summed E-state index contributed by atoms with van der Waals surface area (Å²) in [6.45, 7) is 5.39. The van der Waals surface area contributed by atoms with Gasteiger partial charge >= 0.3 is 5.97 Å². The number of hydrogen-bond donors (Lipinski definition) is 2. The van der Waals surface area contributed by atoms with E-state index in [9.17, 15) is 4.79 Å². The number of hydrogen-bond acceptors (Lipinski definition) is 3. The average molecular weight is 186 g/mol. The van der Waals surface area contributed by atoms with Gasteiger partial charge in [-0.3, -0.25) is 4.79 Å². The SMILES string of the molecule is CCOCC.Cl.NCC(=O)O. The van der Waals surface area contributed by atoms with Crippen LogP contribution in [0.3, 0.4) is 0 Å². The monoisotopic (exact) mass is 185 g/mol. The number of rotatable bonds is 3. The van der Waals surface area contributed by atoms with Gasteiger partial charge in [-0.25, -0.2) is 0 Å². The average Bonchev–Trinajstić information content (AvgIpc) is 1.91. The van der Waals surface area contributed by atoms with Crippen molar-refractivity contribution in [3.8, 4) is 0 Å². The van der Waals surface area contributed by atoms with Crippen LogP contribution < -0.4 is 5.73 Å². The Balaban J connectivity index is -0.000000107. The fourth-order valence-corrected chi connectivity index (χ4v) is 0.204. The molecule has 0 aliphatic rings. The lowest BCUT2D eigenvalue weighted by atomic mass is 10.7. The van der Waals surface area contributed by atoms with Gasteiger partial charge in [0.05, 0.1) is 6.54 Å². The molecular weight excluding hydrogens is 170 g/mol. The van der Waals surface area contributed by atoms with Crippen molar-refractivity contribution >= 4 is 18.4 Å². The summed E-state index contributed by atoms with van der Waals surface area (Å²) in [7, 11) is 0. The molecule has 5 heteroatoms. The lowest BCUT2D eigenvalue weighted by Crippen LogP contribution is -2.10. The van der Waals surface area contributed by atoms with E-state index in [1.165, 1.54) is 0 Å². The van der Waals surface area contributed by atoms with E-state index in [4.69, 9.17) is 9.84 Å². The molecule has 0 bridgehead atoms. The summed E-state index contributed by atoms with van der Waals surface area (Å²) in [5.74, 6) is -0.968. The number of halogens is 1. The van der Waals surface area contributed by atoms with Gasteiger partial charge < -0.3 is 15.6 Å². The third kappa shape index (κ3) is 42.2. The van der Waals surface area contributed by atoms with Crippen LogP contribution in [0.25, 0.3) is 0 Å². The van der Waals surface area contributed by atoms with Gasteiger partial charge in [0, 0.05) is 13.2 Å². The van der Waals surface area contributed by atoms with Crippen LogP contribution in [0, 0.1) is 0 Å². The minimum atomic E-state index is -0.968. The lowest BCUT2D eigenvalue weighted by molar-refractivity contribution is -0.135. The number of ether oxygens (including phenoxy) is 1. The number of carbonyl (C=O) groups is 1. The third-order valence-electron chi connectivity index (χ3n) is 0.583. The van der Waals surface area contributed by atoms with E-state index in [1.54, 1.807) is 0 Å². The fourth-order valence-electron chi connectivity index (χ4n) is 0.204. The maximum Gasteiger partial charge on any atom is 0.317 e. The van der Waals surface area contributed by atoms with Crippen LogP contribution >= 0.6 is 12.4 Å². The molecule has 0 spiro atoms. The highest BCUT2D eigenvalue weighted by Crippen LogP contribution is 1.64. The zero-order valence-electron chi connectivity index (χ0n) is 6.87. The molecule has 70 valence electrons. The highest BCUT2D eigenvalue weighted by atomic mass is 35.5. The minimum Gasteiger partial charge on any atom is -0.480 e. The Labute approximate surface area is 73.1 Å². The Morgan fingerprint density at radius 1 is 1.45 bits per heavy atom. The number of aliphatic carboxylic acids is 1. The summed E-state index contributed by atoms with van der Waals surface area (Å²) in [4.78, 5) is 9.24. The summed E-state index contributed by atoms with van der Waals surface area (Å²) in [5.41, 5.74) is 4.57. The van der Waals surface area contributed by atoms with Gasteiger partial charge in [0.25, 0.3) is 0 Å². The van der Waals surface area contributed by atoms with Crippen molar-refractivity contribution in [2.45, 2.75) is 13.8 Å². The zero-order chi connectivity index (χ0) is 8.41. The number of carboxylic acids is 1. The van der Waals surface area contributed by atoms with Crippen LogP contribution in [0.5, 0.6) is 0 Å². The smallest absolute Gasteiger partial charge is 0.317 e. The Morgan fingerprint density at radius 3 is 1.73 bits per heavy atom. The second-order valence-corrected chi connectivity index (χ2v) is 1.38. The second kappa shape index (κ2) is 16.3. The molecule has 0 amide bonds. The van der Waals surface area contributed by atoms with E-state index >= 15 is 0 Å². The third-order valence-corrected chi connectivity index (χ3v) is 0.583. The first-order chi connectivity index (χ1) is 4.68. The Kier molecular flexibility index (Phi) is 25.2. The number of nitrogens with two attached hydrogens (primary N) is 1. The van der Waals surface area contributed by atoms with Crippen molar-refractivity contribution in [2.24, 2.45) is 5.73 Å². The molecule has 11 heavy (non-hydrogen) atoms. The Hall–Kier alpha value is -0.320. The summed E-state index contributed by atoms with van der Waals surface area (Å²) in [5, 5.41) is 7.60. The maximum atomic E-state index is 9.24. The summed E-state index contributed by atoms with van der Waals surface area (Å²) >= 11 is 0. The molecule has 0 radical (unpaired) electrons. The van der Waals surface area contributed by atoms with Crippen LogP contribution in [0.2, 0.25) is 0 Å². The molecule has 0 aromatic carbocycles. The fraction of sp³-hybridized carbons (Fsp3) is 0.833. The van der Waals surface area contributed by atoms with E-state index in [0.29, 0.717) is 0 Å². The van der Waals surface area contributed by atoms with E-state index in [1.807, 2.05) is 13.8 Å². The lowest BCUT2D eigenvalue weighted by Gasteiger charge is -1.86. The van der Waals surface area contributed by atoms with Crippen molar-refractivity contribution in [2.75, 3.05) is 19.8 Å². The van der Waals surface area contributed by atoms with Gasteiger partial charge in [-0.2, -0.15) is 0 Å². The molecule has 0 rings (SSSR count). The summed E-state index contributed by atoms with van der Waals surface area (Å²) in [6, 6.07) is 0. The van der Waals surface area contributed by atoms with Gasteiger partial charge in [0.15, 0.2) is 0 Å². The highest BCUT2D eigenvalue weighted by Gasteiger charge is 1.81. The van der Waals surface area contributed by atoms with Crippen molar-refractivity contribution in [1.82, 2.24) is 0 Å². The van der Waals surface area contributed by atoms with Crippen molar-refractivity contribution < 1.29 is 14.6 Å². The van der Waals surface area contributed by atoms with Gasteiger partial charge in [-0.05, 0) is 13.8 Å². The van der Waals surface area contributed by atoms with Crippen LogP contribution in [0.15, 0.2) is 0 Å². The molecule has 0 saturated carbocycles. The molecule has 0 aromatic heterocycles. The first kappa shape index (κ1) is 17.0. The first-order valence-electron chi connectivity index (χ1n) is 3.18. The quantitative estimate of drug-likeness (QED) is 0.672. The van der Waals surface area contributed by atoms with E-state index in [2.05, 4.69) is 5.73 Å². The zero-order valence-corrected chi connectivity index (χ0v) is 7.69. The first-order valence-corrected chi connectivity index (χ1v) is 3.18. The van der Waals surface area contributed by atoms with Crippen LogP contribution in [-0.2, 0) is 9.53 Å². The van der Waals surface area contributed by atoms with Crippen LogP contribution in [0.4, 0.5) is 0 Å². The molecule has 0 unspecified atom stereocenters. The summed E-state index contributed by atoms with van der Waals surface area (Å²) < 4.78 is 4.83. The van der Waals surface area contributed by atoms with Gasteiger partial charge in [0.1, 0.15) is 0 Å². The molecule has 0 aliphatic carbocycles. The highest BCUT2D eigenvalue weighted by molar-refractivity contribution is 5.85. The molecule has 4 nitrogen and oxygen atoms in total. The van der Waals surface area contributed by atoms with Crippen LogP contribution in [-0.4, -0.2) is 30.8 Å². The van der Waals surface area contributed by atoms with Crippen molar-refractivity contribution in [1.29, 1.82) is 0 Å². The van der Waals surface area contributed by atoms with E-state index in [0.717, 1.165) is 13.2 Å². The largest absolute Gasteiger partial charge is 0.480 e. The Morgan fingerprint density at radius 2 is 1.73 bits per heavy atom. The molecular formula is C6H16ClNO3. The van der Waals surface area contributed by atoms with Gasteiger partial charge in [-0.15, -0.1) is 12.4 Å². The predicted molar refractivity (Wildman–Crippen MR) is 46.1 cm³/mol. The molecule has 0 aromatic rings. The molecule has 0 fully saturated rings. The Bertz CT molecular complexity index is 78.2. The molecule has 0 heterocycles. The molecule has 3 N–H and O–H groups in total. The van der Waals surface area contributed by atoms with Crippen molar-refractivity contribution in [3.63, 3.8) is 0 Å². The second-order valence-electron chi connectivity index (χ2n) is 1.38. The van der Waals surface area contributed by atoms with E-state index < -0.39 is 5.97 Å². The standard InChI is InChI=1S/C4H10O.C2H5NO2.ClH/c1-3-5-4-2;3-1-2(4)5;/h3-4H2,1-2H3;1,3H2,(H,4,5);1H. The van der Waals surface area contributed by atoms with Crippen LogP contribution in [0.1, 0.15) is 13.8 Å². The normalized spacial score (nSPS) is 7.18. The molecule has 0 aliphatic heterocycles. The minimum absolute atomic E-state index is 0. The van der Waals surface area contributed by atoms with E-state index in [-0.39, 0.29) is 19.0 Å². The topological polar surface area (TPSA) is 72.5 Å². The maximum absolute atomic E-state index is 9.24. The van der Waals surface area contributed by atoms with Gasteiger partial charge in [0.2, 0.25) is 0 Å². The predicted octanol–water partition coefficient (Wildman–Crippen LogP) is 0.494. The number of carboxylic acid groups (broad SMARTS) is 1. The van der Waals surface area contributed by atoms with Crippen molar-refractivity contribution in [3.05, 3.63) is 0 Å². The summed E-state index contributed by atoms with van der Waals surface area (Å²) in [6.07, 6.45) is 0.